The van der Waals surface area contributed by atoms with Crippen LogP contribution in [0.1, 0.15) is 19.8 Å². The second-order valence-electron chi connectivity index (χ2n) is 2.39. The second kappa shape index (κ2) is 5.85. The average molecular weight is 157 g/mol. The first-order valence-corrected chi connectivity index (χ1v) is 3.68. The number of rotatable bonds is 4. The normalized spacial score (nSPS) is 13.6. The van der Waals surface area contributed by atoms with E-state index in [4.69, 9.17) is 16.2 Å². The van der Waals surface area contributed by atoms with Crippen molar-refractivity contribution < 1.29 is 5.11 Å². The van der Waals surface area contributed by atoms with Crippen molar-refractivity contribution in [3.05, 3.63) is 0 Å². The summed E-state index contributed by atoms with van der Waals surface area (Å²) in [5, 5.41) is 15.5. The third-order valence-corrected chi connectivity index (χ3v) is 1.50. The number of aliphatic imine (C=N–C) groups is 1. The van der Waals surface area contributed by atoms with E-state index < -0.39 is 0 Å². The Morgan fingerprint density at radius 1 is 1.82 bits per heavy atom. The third-order valence-electron chi connectivity index (χ3n) is 1.50. The minimum absolute atomic E-state index is 0.167. The molecule has 4 heteroatoms. The van der Waals surface area contributed by atoms with E-state index >= 15 is 0 Å². The zero-order valence-electron chi connectivity index (χ0n) is 6.75. The van der Waals surface area contributed by atoms with Crippen molar-refractivity contribution >= 4 is 12.2 Å². The Hall–Kier alpha value is -0.900. The van der Waals surface area contributed by atoms with Crippen LogP contribution >= 0.6 is 0 Å². The summed E-state index contributed by atoms with van der Waals surface area (Å²) in [6.45, 7) is 2.17. The van der Waals surface area contributed by atoms with Gasteiger partial charge in [0.25, 0.3) is 0 Å². The summed E-state index contributed by atoms with van der Waals surface area (Å²) in [4.78, 5) is 3.59. The van der Waals surface area contributed by atoms with Gasteiger partial charge in [0.2, 0.25) is 5.96 Å². The molecule has 0 aromatic heterocycles. The van der Waals surface area contributed by atoms with Crippen LogP contribution in [0.25, 0.3) is 0 Å². The molecule has 0 aromatic carbocycles. The van der Waals surface area contributed by atoms with E-state index in [1.54, 1.807) is 6.21 Å². The summed E-state index contributed by atoms with van der Waals surface area (Å²) >= 11 is 0. The number of hydrogen-bond donors (Lipinski definition) is 3. The van der Waals surface area contributed by atoms with Crippen molar-refractivity contribution in [3.8, 4) is 0 Å². The number of nitrogens with zero attached hydrogens (tertiary/aromatic N) is 1. The predicted octanol–water partition coefficient (Wildman–Crippen LogP) is 0.359. The van der Waals surface area contributed by atoms with Gasteiger partial charge in [-0.2, -0.15) is 0 Å². The first-order chi connectivity index (χ1) is 5.20. The molecule has 0 radical (unpaired) electrons. The molecule has 0 saturated heterocycles. The molecule has 0 fully saturated rings. The Bertz CT molecular complexity index is 141. The second-order valence-corrected chi connectivity index (χ2v) is 2.39. The molecule has 0 aromatic rings. The number of guanidine groups is 1. The molecule has 0 spiro atoms. The van der Waals surface area contributed by atoms with Crippen LogP contribution in [0.2, 0.25) is 0 Å². The molecule has 0 amide bonds. The van der Waals surface area contributed by atoms with E-state index in [9.17, 15) is 0 Å². The summed E-state index contributed by atoms with van der Waals surface area (Å²) in [6.07, 6.45) is 3.18. The maximum absolute atomic E-state index is 8.74. The SMILES string of the molecule is CCC(CO)CC=NC(=N)N. The summed E-state index contributed by atoms with van der Waals surface area (Å²) in [5.74, 6) is 0.0656. The highest BCUT2D eigenvalue weighted by Crippen LogP contribution is 2.03. The van der Waals surface area contributed by atoms with Gasteiger partial charge in [0.15, 0.2) is 0 Å². The van der Waals surface area contributed by atoms with Crippen LogP contribution < -0.4 is 5.73 Å². The van der Waals surface area contributed by atoms with Crippen molar-refractivity contribution in [2.75, 3.05) is 6.61 Å². The van der Waals surface area contributed by atoms with Crippen LogP contribution in [0, 0.1) is 11.3 Å². The van der Waals surface area contributed by atoms with Gasteiger partial charge in [-0.05, 0) is 12.3 Å². The molecule has 0 saturated carbocycles. The highest BCUT2D eigenvalue weighted by atomic mass is 16.3. The molecule has 4 nitrogen and oxygen atoms in total. The molecule has 1 unspecified atom stereocenters. The first kappa shape index (κ1) is 10.1. The number of aliphatic hydroxyl groups is 1. The molecular formula is C7H15N3O. The summed E-state index contributed by atoms with van der Waals surface area (Å²) in [6, 6.07) is 0. The molecule has 0 heterocycles. The molecule has 64 valence electrons. The van der Waals surface area contributed by atoms with E-state index in [1.165, 1.54) is 0 Å². The molecule has 0 bridgehead atoms. The Morgan fingerprint density at radius 2 is 2.45 bits per heavy atom. The maximum atomic E-state index is 8.74. The Kier molecular flexibility index (Phi) is 5.37. The predicted molar refractivity (Wildman–Crippen MR) is 45.9 cm³/mol. The zero-order chi connectivity index (χ0) is 8.69. The molecule has 0 aliphatic rings. The standard InChI is InChI=1S/C7H15N3O/c1-2-6(5-11)3-4-10-7(8)9/h4,6,11H,2-3,5H2,1H3,(H3,8,9). The fourth-order valence-corrected chi connectivity index (χ4v) is 0.670. The van der Waals surface area contributed by atoms with E-state index in [2.05, 4.69) is 4.99 Å². The molecule has 11 heavy (non-hydrogen) atoms. The van der Waals surface area contributed by atoms with Crippen molar-refractivity contribution in [2.45, 2.75) is 19.8 Å². The molecule has 0 aliphatic heterocycles. The van der Waals surface area contributed by atoms with Gasteiger partial charge in [-0.25, -0.2) is 4.99 Å². The lowest BCUT2D eigenvalue weighted by molar-refractivity contribution is 0.227. The zero-order valence-corrected chi connectivity index (χ0v) is 6.75. The summed E-state index contributed by atoms with van der Waals surface area (Å²) in [5.41, 5.74) is 4.98. The van der Waals surface area contributed by atoms with Gasteiger partial charge in [-0.1, -0.05) is 13.3 Å². The fourth-order valence-electron chi connectivity index (χ4n) is 0.670. The fraction of sp³-hybridized carbons (Fsp3) is 0.714. The van der Waals surface area contributed by atoms with Gasteiger partial charge in [0.05, 0.1) is 0 Å². The molecule has 0 aliphatic carbocycles. The first-order valence-electron chi connectivity index (χ1n) is 3.68. The average Bonchev–Trinajstić information content (AvgIpc) is 1.98. The quantitative estimate of drug-likeness (QED) is 0.406. The van der Waals surface area contributed by atoms with E-state index in [1.807, 2.05) is 6.92 Å². The van der Waals surface area contributed by atoms with Gasteiger partial charge in [-0.15, -0.1) is 0 Å². The van der Waals surface area contributed by atoms with Crippen LogP contribution in [0.4, 0.5) is 0 Å². The van der Waals surface area contributed by atoms with E-state index in [-0.39, 0.29) is 18.5 Å². The highest BCUT2D eigenvalue weighted by Gasteiger charge is 2.00. The van der Waals surface area contributed by atoms with Crippen LogP contribution in [0.15, 0.2) is 4.99 Å². The lowest BCUT2D eigenvalue weighted by Crippen LogP contribution is -2.08. The molecular weight excluding hydrogens is 142 g/mol. The number of aliphatic hydroxyl groups excluding tert-OH is 1. The van der Waals surface area contributed by atoms with Crippen molar-refractivity contribution in [2.24, 2.45) is 16.6 Å². The molecule has 4 N–H and O–H groups in total. The van der Waals surface area contributed by atoms with Gasteiger partial charge >= 0.3 is 0 Å². The Morgan fingerprint density at radius 3 is 2.82 bits per heavy atom. The Balaban J connectivity index is 3.57. The third kappa shape index (κ3) is 5.54. The van der Waals surface area contributed by atoms with Gasteiger partial charge in [0, 0.05) is 12.8 Å². The number of nitrogens with two attached hydrogens (primary N) is 1. The number of nitrogens with one attached hydrogen (secondary N) is 1. The van der Waals surface area contributed by atoms with Gasteiger partial charge in [-0.3, -0.25) is 5.41 Å². The summed E-state index contributed by atoms with van der Waals surface area (Å²) < 4.78 is 0. The highest BCUT2D eigenvalue weighted by molar-refractivity contribution is 5.83. The van der Waals surface area contributed by atoms with Crippen LogP contribution in [0.3, 0.4) is 0 Å². The van der Waals surface area contributed by atoms with E-state index in [0.29, 0.717) is 6.42 Å². The largest absolute Gasteiger partial charge is 0.396 e. The van der Waals surface area contributed by atoms with Crippen LogP contribution in [0.5, 0.6) is 0 Å². The summed E-state index contributed by atoms with van der Waals surface area (Å²) in [7, 11) is 0. The minimum atomic E-state index is -0.183. The van der Waals surface area contributed by atoms with Crippen LogP contribution in [-0.2, 0) is 0 Å². The van der Waals surface area contributed by atoms with Gasteiger partial charge in [0.1, 0.15) is 0 Å². The van der Waals surface area contributed by atoms with Gasteiger partial charge < -0.3 is 10.8 Å². The van der Waals surface area contributed by atoms with Crippen molar-refractivity contribution in [1.29, 1.82) is 5.41 Å². The molecule has 0 rings (SSSR count). The van der Waals surface area contributed by atoms with E-state index in [0.717, 1.165) is 6.42 Å². The lowest BCUT2D eigenvalue weighted by Gasteiger charge is -2.05. The smallest absolute Gasteiger partial charge is 0.212 e. The minimum Gasteiger partial charge on any atom is -0.396 e. The maximum Gasteiger partial charge on any atom is 0.212 e. The Labute approximate surface area is 66.6 Å². The lowest BCUT2D eigenvalue weighted by atomic mass is 10.1. The van der Waals surface area contributed by atoms with Crippen molar-refractivity contribution in [1.82, 2.24) is 0 Å². The monoisotopic (exact) mass is 157 g/mol. The van der Waals surface area contributed by atoms with Crippen LogP contribution in [-0.4, -0.2) is 23.9 Å². The van der Waals surface area contributed by atoms with Crippen molar-refractivity contribution in [3.63, 3.8) is 0 Å². The topological polar surface area (TPSA) is 82.5 Å². The number of hydrogen-bond acceptors (Lipinski definition) is 2. The molecule has 1 atom stereocenters.